The van der Waals surface area contributed by atoms with Crippen LogP contribution in [0.3, 0.4) is 0 Å². The van der Waals surface area contributed by atoms with Crippen molar-refractivity contribution in [3.05, 3.63) is 52.6 Å². The van der Waals surface area contributed by atoms with E-state index in [0.717, 1.165) is 16.9 Å². The molecule has 0 amide bonds. The summed E-state index contributed by atoms with van der Waals surface area (Å²) in [6.45, 7) is 1.25. The number of hydrogen-bond donors (Lipinski definition) is 0. The highest BCUT2D eigenvalue weighted by atomic mass is 19.3. The predicted molar refractivity (Wildman–Crippen MR) is 73.4 cm³/mol. The number of aromatic nitrogens is 2. The molecule has 2 rings (SSSR count). The summed E-state index contributed by atoms with van der Waals surface area (Å²) < 4.78 is 45.8. The van der Waals surface area contributed by atoms with Gasteiger partial charge in [-0.25, -0.2) is 18.0 Å². The van der Waals surface area contributed by atoms with Crippen LogP contribution in [-0.2, 0) is 11.3 Å². The van der Waals surface area contributed by atoms with E-state index < -0.39 is 23.9 Å². The topological polar surface area (TPSA) is 67.9 Å². The van der Waals surface area contributed by atoms with E-state index in [1.54, 1.807) is 6.92 Å². The van der Waals surface area contributed by atoms with Crippen molar-refractivity contribution in [2.45, 2.75) is 19.9 Å². The van der Waals surface area contributed by atoms with Crippen molar-refractivity contribution in [1.29, 1.82) is 5.26 Å². The molecule has 1 aromatic heterocycles. The number of halogens is 3. The Morgan fingerprint density at radius 3 is 2.83 bits per heavy atom. The number of esters is 1. The quantitative estimate of drug-likeness (QED) is 0.793. The lowest BCUT2D eigenvalue weighted by Crippen LogP contribution is -2.12. The molecule has 0 radical (unpaired) electrons. The van der Waals surface area contributed by atoms with Crippen molar-refractivity contribution in [3.63, 3.8) is 0 Å². The Bertz CT molecular complexity index is 766. The van der Waals surface area contributed by atoms with Crippen LogP contribution >= 0.6 is 0 Å². The maximum Gasteiger partial charge on any atom is 0.341 e. The highest BCUT2D eigenvalue weighted by Crippen LogP contribution is 2.25. The normalized spacial score (nSPS) is 10.6. The average Bonchev–Trinajstić information content (AvgIpc) is 2.93. The van der Waals surface area contributed by atoms with Crippen LogP contribution in [0, 0.1) is 17.1 Å². The fourth-order valence-corrected chi connectivity index (χ4v) is 2.04. The van der Waals surface area contributed by atoms with Crippen molar-refractivity contribution in [1.82, 2.24) is 9.78 Å². The summed E-state index contributed by atoms with van der Waals surface area (Å²) in [5.41, 5.74) is -0.800. The van der Waals surface area contributed by atoms with Crippen LogP contribution in [0.15, 0.2) is 24.4 Å². The van der Waals surface area contributed by atoms with Gasteiger partial charge in [0.2, 0.25) is 0 Å². The third-order valence-corrected chi connectivity index (χ3v) is 3.08. The first kappa shape index (κ1) is 16.5. The van der Waals surface area contributed by atoms with E-state index in [9.17, 15) is 18.0 Å². The smallest absolute Gasteiger partial charge is 0.341 e. The molecule has 0 fully saturated rings. The van der Waals surface area contributed by atoms with Crippen LogP contribution in [0.5, 0.6) is 0 Å². The third-order valence-electron chi connectivity index (χ3n) is 3.08. The second kappa shape index (κ2) is 6.96. The van der Waals surface area contributed by atoms with Crippen LogP contribution in [0.4, 0.5) is 13.2 Å². The number of benzene rings is 1. The van der Waals surface area contributed by atoms with Gasteiger partial charge in [0.15, 0.2) is 0 Å². The van der Waals surface area contributed by atoms with E-state index in [-0.39, 0.29) is 29.8 Å². The van der Waals surface area contributed by atoms with Crippen molar-refractivity contribution in [2.24, 2.45) is 0 Å². The van der Waals surface area contributed by atoms with Crippen LogP contribution in [0.2, 0.25) is 0 Å². The average molecular weight is 323 g/mol. The highest BCUT2D eigenvalue weighted by molar-refractivity contribution is 5.90. The monoisotopic (exact) mass is 323 g/mol. The van der Waals surface area contributed by atoms with Crippen molar-refractivity contribution >= 4 is 5.97 Å². The third kappa shape index (κ3) is 3.51. The summed E-state index contributed by atoms with van der Waals surface area (Å²) in [5.74, 6) is -1.57. The molecule has 2 aromatic rings. The molecule has 0 aliphatic rings. The summed E-state index contributed by atoms with van der Waals surface area (Å²) in [7, 11) is 0. The Hall–Kier alpha value is -2.82. The molecule has 23 heavy (non-hydrogen) atoms. The fourth-order valence-electron chi connectivity index (χ4n) is 2.04. The Morgan fingerprint density at radius 1 is 1.48 bits per heavy atom. The number of ether oxygens (including phenoxy) is 1. The summed E-state index contributed by atoms with van der Waals surface area (Å²) in [4.78, 5) is 11.7. The largest absolute Gasteiger partial charge is 0.462 e. The van der Waals surface area contributed by atoms with Crippen LogP contribution in [0.25, 0.3) is 0 Å². The molecule has 0 saturated heterocycles. The Morgan fingerprint density at radius 2 is 2.22 bits per heavy atom. The molecule has 1 aromatic carbocycles. The molecule has 0 unspecified atom stereocenters. The van der Waals surface area contributed by atoms with E-state index in [1.807, 2.05) is 6.07 Å². The first-order valence-electron chi connectivity index (χ1n) is 6.67. The van der Waals surface area contributed by atoms with Gasteiger partial charge in [0.25, 0.3) is 6.43 Å². The molecular weight excluding hydrogens is 311 g/mol. The number of carbonyl (C=O) groups excluding carboxylic acids is 1. The van der Waals surface area contributed by atoms with E-state index in [4.69, 9.17) is 10.00 Å². The van der Waals surface area contributed by atoms with E-state index in [1.165, 1.54) is 12.1 Å². The Labute approximate surface area is 129 Å². The van der Waals surface area contributed by atoms with E-state index >= 15 is 0 Å². The van der Waals surface area contributed by atoms with E-state index in [0.29, 0.717) is 0 Å². The molecule has 0 spiro atoms. The summed E-state index contributed by atoms with van der Waals surface area (Å²) in [5, 5.41) is 12.5. The van der Waals surface area contributed by atoms with Gasteiger partial charge in [-0.15, -0.1) is 0 Å². The minimum atomic E-state index is -2.99. The molecule has 1 heterocycles. The zero-order valence-corrected chi connectivity index (χ0v) is 12.1. The first-order valence-corrected chi connectivity index (χ1v) is 6.67. The standard InChI is InChI=1S/C15H12F3N3O2/c1-2-23-15(22)11-7-20-21(13(11)14(17)18)8-10-5-9(6-19)3-4-12(10)16/h3-5,7,14H,2,8H2,1H3. The number of hydrogen-bond acceptors (Lipinski definition) is 4. The molecule has 5 nitrogen and oxygen atoms in total. The predicted octanol–water partition coefficient (Wildman–Crippen LogP) is 3.06. The minimum Gasteiger partial charge on any atom is -0.462 e. The van der Waals surface area contributed by atoms with Gasteiger partial charge in [-0.1, -0.05) is 0 Å². The zero-order chi connectivity index (χ0) is 17.0. The molecule has 8 heteroatoms. The van der Waals surface area contributed by atoms with Crippen molar-refractivity contribution in [2.75, 3.05) is 6.61 Å². The number of carbonyl (C=O) groups is 1. The Balaban J connectivity index is 2.41. The van der Waals surface area contributed by atoms with Crippen LogP contribution < -0.4 is 0 Å². The summed E-state index contributed by atoms with van der Waals surface area (Å²) in [6.07, 6.45) is -2.02. The molecular formula is C15H12F3N3O2. The van der Waals surface area contributed by atoms with Gasteiger partial charge in [-0.2, -0.15) is 10.4 Å². The summed E-state index contributed by atoms with van der Waals surface area (Å²) >= 11 is 0. The molecule has 0 saturated carbocycles. The van der Waals surface area contributed by atoms with Gasteiger partial charge in [-0.3, -0.25) is 4.68 Å². The van der Waals surface area contributed by atoms with Gasteiger partial charge < -0.3 is 4.74 Å². The number of rotatable bonds is 5. The molecule has 120 valence electrons. The highest BCUT2D eigenvalue weighted by Gasteiger charge is 2.25. The molecule has 0 aliphatic heterocycles. The van der Waals surface area contributed by atoms with Crippen LogP contribution in [-0.4, -0.2) is 22.4 Å². The number of nitrogens with zero attached hydrogens (tertiary/aromatic N) is 3. The first-order chi connectivity index (χ1) is 11.0. The van der Waals surface area contributed by atoms with Gasteiger partial charge in [0, 0.05) is 5.56 Å². The molecule has 0 N–H and O–H groups in total. The lowest BCUT2D eigenvalue weighted by atomic mass is 10.1. The maximum absolute atomic E-state index is 13.8. The van der Waals surface area contributed by atoms with Crippen molar-refractivity contribution < 1.29 is 22.7 Å². The van der Waals surface area contributed by atoms with Crippen LogP contribution in [0.1, 0.15) is 40.5 Å². The van der Waals surface area contributed by atoms with E-state index in [2.05, 4.69) is 5.10 Å². The van der Waals surface area contributed by atoms with Gasteiger partial charge >= 0.3 is 5.97 Å². The SMILES string of the molecule is CCOC(=O)c1cnn(Cc2cc(C#N)ccc2F)c1C(F)F. The van der Waals surface area contributed by atoms with Gasteiger partial charge in [-0.05, 0) is 25.1 Å². The minimum absolute atomic E-state index is 0.0180. The lowest BCUT2D eigenvalue weighted by Gasteiger charge is -2.09. The molecule has 0 aliphatic carbocycles. The number of nitriles is 1. The second-order valence-corrected chi connectivity index (χ2v) is 4.54. The number of alkyl halides is 2. The Kier molecular flexibility index (Phi) is 5.01. The molecule has 0 atom stereocenters. The second-order valence-electron chi connectivity index (χ2n) is 4.54. The fraction of sp³-hybridized carbons (Fsp3) is 0.267. The lowest BCUT2D eigenvalue weighted by molar-refractivity contribution is 0.0513. The van der Waals surface area contributed by atoms with Gasteiger partial charge in [0.1, 0.15) is 17.1 Å². The zero-order valence-electron chi connectivity index (χ0n) is 12.1. The maximum atomic E-state index is 13.8. The van der Waals surface area contributed by atoms with Crippen molar-refractivity contribution in [3.8, 4) is 6.07 Å². The molecule has 0 bridgehead atoms. The summed E-state index contributed by atoms with van der Waals surface area (Å²) in [6, 6.07) is 5.44. The van der Waals surface area contributed by atoms with Gasteiger partial charge in [0.05, 0.1) is 31.0 Å².